The second-order valence-electron chi connectivity index (χ2n) is 5.23. The average molecular weight is 302 g/mol. The van der Waals surface area contributed by atoms with Gasteiger partial charge in [0.1, 0.15) is 5.82 Å². The quantitative estimate of drug-likeness (QED) is 0.925. The number of methoxy groups -OCH3 is 1. The third-order valence-corrected chi connectivity index (χ3v) is 3.84. The van der Waals surface area contributed by atoms with E-state index < -0.39 is 11.2 Å². The lowest BCUT2D eigenvalue weighted by Crippen LogP contribution is -2.36. The number of hydrogen-bond acceptors (Lipinski definition) is 3. The largest absolute Gasteiger partial charge is 0.396 e. The Kier molecular flexibility index (Phi) is 4.62. The van der Waals surface area contributed by atoms with E-state index in [1.807, 2.05) is 0 Å². The van der Waals surface area contributed by atoms with Crippen molar-refractivity contribution in [3.8, 4) is 0 Å². The molecule has 1 fully saturated rings. The zero-order valence-electron chi connectivity index (χ0n) is 11.2. The number of ether oxygens (including phenoxy) is 1. The van der Waals surface area contributed by atoms with E-state index in [1.165, 1.54) is 12.1 Å². The number of hydrogen-bond donors (Lipinski definition) is 1. The van der Waals surface area contributed by atoms with Gasteiger partial charge in [-0.3, -0.25) is 4.79 Å². The van der Waals surface area contributed by atoms with Crippen molar-refractivity contribution in [2.45, 2.75) is 6.42 Å². The van der Waals surface area contributed by atoms with Gasteiger partial charge < -0.3 is 14.7 Å². The van der Waals surface area contributed by atoms with Crippen molar-refractivity contribution in [2.75, 3.05) is 33.4 Å². The highest BCUT2D eigenvalue weighted by molar-refractivity contribution is 6.31. The molecule has 0 aliphatic carbocycles. The van der Waals surface area contributed by atoms with Gasteiger partial charge in [-0.15, -0.1) is 0 Å². The number of aliphatic hydroxyl groups excluding tert-OH is 1. The third-order valence-electron chi connectivity index (χ3n) is 3.62. The number of amides is 1. The van der Waals surface area contributed by atoms with Crippen LogP contribution < -0.4 is 0 Å². The van der Waals surface area contributed by atoms with E-state index in [0.29, 0.717) is 26.1 Å². The minimum atomic E-state index is -0.537. The third kappa shape index (κ3) is 3.11. The Labute approximate surface area is 122 Å². The normalized spacial score (nSPS) is 22.3. The van der Waals surface area contributed by atoms with Gasteiger partial charge in [-0.1, -0.05) is 11.6 Å². The smallest absolute Gasteiger partial charge is 0.254 e. The van der Waals surface area contributed by atoms with E-state index in [-0.39, 0.29) is 23.1 Å². The topological polar surface area (TPSA) is 49.8 Å². The number of halogens is 2. The summed E-state index contributed by atoms with van der Waals surface area (Å²) in [6.45, 7) is 1.24. The minimum Gasteiger partial charge on any atom is -0.396 e. The number of rotatable bonds is 4. The highest BCUT2D eigenvalue weighted by Crippen LogP contribution is 2.31. The Bertz CT molecular complexity index is 491. The molecule has 1 amide bonds. The summed E-state index contributed by atoms with van der Waals surface area (Å²) < 4.78 is 18.4. The van der Waals surface area contributed by atoms with Gasteiger partial charge in [0.15, 0.2) is 0 Å². The van der Waals surface area contributed by atoms with Crippen molar-refractivity contribution >= 4 is 17.5 Å². The van der Waals surface area contributed by atoms with Gasteiger partial charge in [0.25, 0.3) is 5.91 Å². The fraction of sp³-hybridized carbons (Fsp3) is 0.500. The summed E-state index contributed by atoms with van der Waals surface area (Å²) in [5.74, 6) is -0.816. The van der Waals surface area contributed by atoms with Gasteiger partial charge >= 0.3 is 0 Å². The van der Waals surface area contributed by atoms with Crippen LogP contribution in [0.15, 0.2) is 18.2 Å². The summed E-state index contributed by atoms with van der Waals surface area (Å²) in [4.78, 5) is 13.9. The predicted molar refractivity (Wildman–Crippen MR) is 73.3 cm³/mol. The molecule has 1 atom stereocenters. The number of aliphatic hydroxyl groups is 1. The highest BCUT2D eigenvalue weighted by Gasteiger charge is 2.39. The van der Waals surface area contributed by atoms with E-state index >= 15 is 0 Å². The molecule has 0 aromatic heterocycles. The van der Waals surface area contributed by atoms with Crippen LogP contribution in [-0.2, 0) is 4.74 Å². The van der Waals surface area contributed by atoms with Gasteiger partial charge in [-0.05, 0) is 24.6 Å². The highest BCUT2D eigenvalue weighted by atomic mass is 35.5. The summed E-state index contributed by atoms with van der Waals surface area (Å²) in [6, 6.07) is 3.77. The maximum atomic E-state index is 13.3. The zero-order valence-corrected chi connectivity index (χ0v) is 12.0. The molecule has 1 aromatic rings. The molecule has 4 nitrogen and oxygen atoms in total. The van der Waals surface area contributed by atoms with Gasteiger partial charge in [-0.2, -0.15) is 0 Å². The lowest BCUT2D eigenvalue weighted by molar-refractivity contribution is 0.0343. The van der Waals surface area contributed by atoms with Gasteiger partial charge in [-0.25, -0.2) is 4.39 Å². The molecule has 0 bridgehead atoms. The molecule has 1 heterocycles. The van der Waals surface area contributed by atoms with E-state index in [0.717, 1.165) is 6.07 Å². The SMILES string of the molecule is COCC1(CO)CCN(C(=O)c2cc(F)cc(Cl)c2)C1. The van der Waals surface area contributed by atoms with Crippen LogP contribution >= 0.6 is 11.6 Å². The summed E-state index contributed by atoms with van der Waals surface area (Å²) >= 11 is 5.76. The first kappa shape index (κ1) is 15.2. The first-order chi connectivity index (χ1) is 9.49. The molecule has 1 aromatic carbocycles. The van der Waals surface area contributed by atoms with Crippen LogP contribution in [0.3, 0.4) is 0 Å². The van der Waals surface area contributed by atoms with E-state index in [1.54, 1.807) is 12.0 Å². The molecule has 0 radical (unpaired) electrons. The fourth-order valence-corrected chi connectivity index (χ4v) is 2.79. The van der Waals surface area contributed by atoms with Gasteiger partial charge in [0.2, 0.25) is 0 Å². The minimum absolute atomic E-state index is 0.0471. The van der Waals surface area contributed by atoms with Crippen molar-refractivity contribution in [1.29, 1.82) is 0 Å². The molecular formula is C14H17ClFNO3. The van der Waals surface area contributed by atoms with Gasteiger partial charge in [0.05, 0.1) is 13.2 Å². The maximum absolute atomic E-state index is 13.3. The van der Waals surface area contributed by atoms with Crippen LogP contribution in [0, 0.1) is 11.2 Å². The second kappa shape index (κ2) is 6.08. The van der Waals surface area contributed by atoms with E-state index in [4.69, 9.17) is 16.3 Å². The molecule has 0 spiro atoms. The lowest BCUT2D eigenvalue weighted by Gasteiger charge is -2.26. The summed E-state index contributed by atoms with van der Waals surface area (Å²) in [5, 5.41) is 9.70. The van der Waals surface area contributed by atoms with Crippen LogP contribution in [-0.4, -0.2) is 49.3 Å². The molecule has 1 saturated heterocycles. The predicted octanol–water partition coefficient (Wildman–Crippen LogP) is 1.95. The molecule has 6 heteroatoms. The van der Waals surface area contributed by atoms with Gasteiger partial charge in [0, 0.05) is 36.2 Å². The zero-order chi connectivity index (χ0) is 14.8. The molecular weight excluding hydrogens is 285 g/mol. The van der Waals surface area contributed by atoms with E-state index in [2.05, 4.69) is 0 Å². The standard InChI is InChI=1S/C14H17ClFNO3/c1-20-9-14(8-18)2-3-17(7-14)13(19)10-4-11(15)6-12(16)5-10/h4-6,18H,2-3,7-9H2,1H3. The summed E-state index contributed by atoms with van der Waals surface area (Å²) in [7, 11) is 1.56. The average Bonchev–Trinajstić information content (AvgIpc) is 2.82. The molecule has 1 aliphatic heterocycles. The van der Waals surface area contributed by atoms with Crippen LogP contribution in [0.2, 0.25) is 5.02 Å². The molecule has 1 aliphatic rings. The lowest BCUT2D eigenvalue weighted by atomic mass is 9.89. The molecule has 2 rings (SSSR count). The second-order valence-corrected chi connectivity index (χ2v) is 5.66. The fourth-order valence-electron chi connectivity index (χ4n) is 2.57. The first-order valence-corrected chi connectivity index (χ1v) is 6.73. The number of likely N-dealkylation sites (tertiary alicyclic amines) is 1. The Balaban J connectivity index is 2.15. The molecule has 1 N–H and O–H groups in total. The van der Waals surface area contributed by atoms with Crippen LogP contribution in [0.5, 0.6) is 0 Å². The van der Waals surface area contributed by atoms with Crippen molar-refractivity contribution < 1.29 is 19.0 Å². The summed E-state index contributed by atoms with van der Waals surface area (Å²) in [6.07, 6.45) is 0.659. The van der Waals surface area contributed by atoms with Crippen LogP contribution in [0.25, 0.3) is 0 Å². The van der Waals surface area contributed by atoms with Crippen LogP contribution in [0.4, 0.5) is 4.39 Å². The number of nitrogens with zero attached hydrogens (tertiary/aromatic N) is 1. The van der Waals surface area contributed by atoms with Crippen molar-refractivity contribution in [3.63, 3.8) is 0 Å². The number of carbonyl (C=O) groups excluding carboxylic acids is 1. The Morgan fingerprint density at radius 3 is 2.90 bits per heavy atom. The molecule has 20 heavy (non-hydrogen) atoms. The summed E-state index contributed by atoms with van der Waals surface area (Å²) in [5.41, 5.74) is -0.206. The number of benzene rings is 1. The van der Waals surface area contributed by atoms with Crippen molar-refractivity contribution in [3.05, 3.63) is 34.6 Å². The van der Waals surface area contributed by atoms with E-state index in [9.17, 15) is 14.3 Å². The van der Waals surface area contributed by atoms with Crippen molar-refractivity contribution in [1.82, 2.24) is 4.90 Å². The molecule has 0 saturated carbocycles. The van der Waals surface area contributed by atoms with Crippen LogP contribution in [0.1, 0.15) is 16.8 Å². The van der Waals surface area contributed by atoms with Crippen molar-refractivity contribution in [2.24, 2.45) is 5.41 Å². The number of carbonyl (C=O) groups is 1. The maximum Gasteiger partial charge on any atom is 0.254 e. The first-order valence-electron chi connectivity index (χ1n) is 6.35. The Hall–Kier alpha value is -1.17. The monoisotopic (exact) mass is 301 g/mol. The Morgan fingerprint density at radius 1 is 1.55 bits per heavy atom. The molecule has 1 unspecified atom stereocenters. The molecule has 110 valence electrons. The Morgan fingerprint density at radius 2 is 2.30 bits per heavy atom.